The van der Waals surface area contributed by atoms with E-state index in [1.54, 1.807) is 0 Å². The topological polar surface area (TPSA) is 39.7 Å². The third kappa shape index (κ3) is 5.17. The van der Waals surface area contributed by atoms with E-state index in [4.69, 9.17) is 0 Å². The predicted molar refractivity (Wildman–Crippen MR) is 78.0 cm³/mol. The molecule has 0 saturated carbocycles. The number of nitrogens with zero attached hydrogens (tertiary/aromatic N) is 2. The maximum Gasteiger partial charge on any atom is 0.191 e. The summed E-state index contributed by atoms with van der Waals surface area (Å²) in [5.41, 5.74) is 0. The summed E-state index contributed by atoms with van der Waals surface area (Å²) in [5.74, 6) is 2.05. The second-order valence-corrected chi connectivity index (χ2v) is 5.28. The van der Waals surface area contributed by atoms with E-state index in [2.05, 4.69) is 33.7 Å². The van der Waals surface area contributed by atoms with Crippen molar-refractivity contribution in [3.63, 3.8) is 0 Å². The highest BCUT2D eigenvalue weighted by molar-refractivity contribution is 7.98. The molecule has 1 aliphatic heterocycles. The van der Waals surface area contributed by atoms with Gasteiger partial charge >= 0.3 is 0 Å². The van der Waals surface area contributed by atoms with Crippen LogP contribution in [0.15, 0.2) is 4.99 Å². The minimum absolute atomic E-state index is 0.680. The molecule has 4 nitrogen and oxygen atoms in total. The number of likely N-dealkylation sites (tertiary alicyclic amines) is 1. The van der Waals surface area contributed by atoms with E-state index in [1.807, 2.05) is 18.8 Å². The van der Waals surface area contributed by atoms with E-state index in [0.717, 1.165) is 31.3 Å². The maximum absolute atomic E-state index is 4.24. The number of hydrogen-bond donors (Lipinski definition) is 2. The largest absolute Gasteiger partial charge is 0.356 e. The van der Waals surface area contributed by atoms with Crippen molar-refractivity contribution in [1.29, 1.82) is 0 Å². The van der Waals surface area contributed by atoms with Crippen molar-refractivity contribution in [1.82, 2.24) is 15.5 Å². The molecule has 1 atom stereocenters. The molecule has 1 saturated heterocycles. The highest BCUT2D eigenvalue weighted by atomic mass is 32.2. The number of rotatable bonds is 6. The van der Waals surface area contributed by atoms with Gasteiger partial charge in [0.1, 0.15) is 0 Å². The second kappa shape index (κ2) is 8.64. The molecule has 5 heteroatoms. The van der Waals surface area contributed by atoms with Crippen molar-refractivity contribution >= 4 is 17.7 Å². The van der Waals surface area contributed by atoms with Crippen LogP contribution in [-0.4, -0.2) is 62.1 Å². The van der Waals surface area contributed by atoms with Crippen LogP contribution in [0.5, 0.6) is 0 Å². The van der Waals surface area contributed by atoms with Crippen molar-refractivity contribution in [2.45, 2.75) is 25.8 Å². The van der Waals surface area contributed by atoms with Gasteiger partial charge in [-0.1, -0.05) is 6.92 Å². The molecular formula is C12H26N4S. The van der Waals surface area contributed by atoms with Gasteiger partial charge in [0.15, 0.2) is 5.96 Å². The van der Waals surface area contributed by atoms with Crippen LogP contribution in [0.1, 0.15) is 19.8 Å². The fraction of sp³-hybridized carbons (Fsp3) is 0.917. The molecule has 2 N–H and O–H groups in total. The van der Waals surface area contributed by atoms with Gasteiger partial charge in [-0.3, -0.25) is 9.89 Å². The zero-order valence-corrected chi connectivity index (χ0v) is 12.1. The Morgan fingerprint density at radius 2 is 2.29 bits per heavy atom. The Morgan fingerprint density at radius 1 is 1.47 bits per heavy atom. The van der Waals surface area contributed by atoms with Gasteiger partial charge in [0.25, 0.3) is 0 Å². The summed E-state index contributed by atoms with van der Waals surface area (Å²) < 4.78 is 0. The molecule has 0 bridgehead atoms. The van der Waals surface area contributed by atoms with Gasteiger partial charge in [-0.2, -0.15) is 11.8 Å². The molecule has 1 aliphatic rings. The number of hydrogen-bond acceptors (Lipinski definition) is 3. The Hall–Kier alpha value is -0.420. The summed E-state index contributed by atoms with van der Waals surface area (Å²) in [5, 5.41) is 6.75. The molecule has 0 amide bonds. The molecule has 0 radical (unpaired) electrons. The van der Waals surface area contributed by atoms with E-state index in [1.165, 1.54) is 19.4 Å². The van der Waals surface area contributed by atoms with Crippen LogP contribution in [0.3, 0.4) is 0 Å². The van der Waals surface area contributed by atoms with Crippen LogP contribution in [0, 0.1) is 0 Å². The lowest BCUT2D eigenvalue weighted by atomic mass is 10.2. The lowest BCUT2D eigenvalue weighted by Crippen LogP contribution is -2.45. The van der Waals surface area contributed by atoms with Crippen molar-refractivity contribution in [2.24, 2.45) is 4.99 Å². The molecule has 0 aromatic carbocycles. The van der Waals surface area contributed by atoms with Gasteiger partial charge in [-0.05, 0) is 32.2 Å². The first-order valence-electron chi connectivity index (χ1n) is 6.49. The number of thioether (sulfide) groups is 1. The molecule has 17 heavy (non-hydrogen) atoms. The third-order valence-corrected chi connectivity index (χ3v) is 3.84. The van der Waals surface area contributed by atoms with Crippen LogP contribution in [0.4, 0.5) is 0 Å². The molecule has 0 aromatic rings. The van der Waals surface area contributed by atoms with Crippen LogP contribution < -0.4 is 10.6 Å². The van der Waals surface area contributed by atoms with Crippen LogP contribution >= 0.6 is 11.8 Å². The summed E-state index contributed by atoms with van der Waals surface area (Å²) in [6.45, 7) is 6.63. The number of guanidine groups is 1. The Kier molecular flexibility index (Phi) is 7.44. The van der Waals surface area contributed by atoms with Gasteiger partial charge in [-0.15, -0.1) is 0 Å². The standard InChI is InChI=1S/C12H26N4S/c1-4-16-8-5-6-11(16)10-15-12(13-2)14-7-9-17-3/h11H,4-10H2,1-3H3,(H2,13,14,15). The monoisotopic (exact) mass is 258 g/mol. The Bertz CT molecular complexity index is 233. The quantitative estimate of drug-likeness (QED) is 0.424. The zero-order chi connectivity index (χ0) is 12.5. The Morgan fingerprint density at radius 3 is 2.94 bits per heavy atom. The first kappa shape index (κ1) is 14.6. The molecule has 100 valence electrons. The van der Waals surface area contributed by atoms with Gasteiger partial charge < -0.3 is 10.6 Å². The molecule has 0 aliphatic carbocycles. The summed E-state index contributed by atoms with van der Waals surface area (Å²) >= 11 is 1.85. The van der Waals surface area contributed by atoms with Gasteiger partial charge in [-0.25, -0.2) is 0 Å². The highest BCUT2D eigenvalue weighted by Crippen LogP contribution is 2.15. The van der Waals surface area contributed by atoms with Crippen LogP contribution in [0.25, 0.3) is 0 Å². The summed E-state index contributed by atoms with van der Waals surface area (Å²) in [7, 11) is 1.83. The summed E-state index contributed by atoms with van der Waals surface area (Å²) in [4.78, 5) is 6.78. The number of nitrogens with one attached hydrogen (secondary N) is 2. The van der Waals surface area contributed by atoms with Gasteiger partial charge in [0.05, 0.1) is 0 Å². The second-order valence-electron chi connectivity index (χ2n) is 4.30. The van der Waals surface area contributed by atoms with Crippen molar-refractivity contribution in [3.8, 4) is 0 Å². The van der Waals surface area contributed by atoms with Crippen molar-refractivity contribution in [2.75, 3.05) is 45.2 Å². The van der Waals surface area contributed by atoms with Crippen molar-refractivity contribution < 1.29 is 0 Å². The first-order chi connectivity index (χ1) is 8.31. The van der Waals surface area contributed by atoms with E-state index in [0.29, 0.717) is 6.04 Å². The maximum atomic E-state index is 4.24. The first-order valence-corrected chi connectivity index (χ1v) is 7.88. The van der Waals surface area contributed by atoms with Gasteiger partial charge in [0.2, 0.25) is 0 Å². The lowest BCUT2D eigenvalue weighted by Gasteiger charge is -2.23. The highest BCUT2D eigenvalue weighted by Gasteiger charge is 2.22. The van der Waals surface area contributed by atoms with E-state index in [-0.39, 0.29) is 0 Å². The van der Waals surface area contributed by atoms with E-state index in [9.17, 15) is 0 Å². The summed E-state index contributed by atoms with van der Waals surface area (Å²) in [6, 6.07) is 0.680. The lowest BCUT2D eigenvalue weighted by molar-refractivity contribution is 0.267. The van der Waals surface area contributed by atoms with Crippen molar-refractivity contribution in [3.05, 3.63) is 0 Å². The fourth-order valence-corrected chi connectivity index (χ4v) is 2.56. The predicted octanol–water partition coefficient (Wildman–Crippen LogP) is 0.999. The van der Waals surface area contributed by atoms with Crippen LogP contribution in [-0.2, 0) is 0 Å². The molecule has 0 spiro atoms. The molecule has 1 unspecified atom stereocenters. The Labute approximate surface area is 110 Å². The zero-order valence-electron chi connectivity index (χ0n) is 11.3. The minimum atomic E-state index is 0.680. The molecule has 0 aromatic heterocycles. The van der Waals surface area contributed by atoms with Gasteiger partial charge in [0, 0.05) is 31.9 Å². The average Bonchev–Trinajstić information content (AvgIpc) is 2.81. The fourth-order valence-electron chi connectivity index (χ4n) is 2.25. The average molecular weight is 258 g/mol. The molecule has 1 heterocycles. The molecular weight excluding hydrogens is 232 g/mol. The number of likely N-dealkylation sites (N-methyl/N-ethyl adjacent to an activating group) is 1. The summed E-state index contributed by atoms with van der Waals surface area (Å²) in [6.07, 6.45) is 4.76. The van der Waals surface area contributed by atoms with E-state index < -0.39 is 0 Å². The van der Waals surface area contributed by atoms with E-state index >= 15 is 0 Å². The smallest absolute Gasteiger partial charge is 0.191 e. The SMILES string of the molecule is CCN1CCCC1CNC(=NC)NCCSC. The number of aliphatic imine (C=N–C) groups is 1. The molecule has 1 fully saturated rings. The minimum Gasteiger partial charge on any atom is -0.356 e. The third-order valence-electron chi connectivity index (χ3n) is 3.23. The molecule has 1 rings (SSSR count). The normalized spacial score (nSPS) is 21.8. The van der Waals surface area contributed by atoms with Crippen LogP contribution in [0.2, 0.25) is 0 Å². The Balaban J connectivity index is 2.23.